The van der Waals surface area contributed by atoms with Gasteiger partial charge in [0.2, 0.25) is 0 Å². The predicted molar refractivity (Wildman–Crippen MR) is 67.2 cm³/mol. The van der Waals surface area contributed by atoms with E-state index in [0.29, 0.717) is 0 Å². The van der Waals surface area contributed by atoms with E-state index in [1.807, 2.05) is 31.2 Å². The van der Waals surface area contributed by atoms with Crippen LogP contribution < -0.4 is 0 Å². The van der Waals surface area contributed by atoms with Gasteiger partial charge in [0.25, 0.3) is 6.43 Å². The molecule has 0 unspecified atom stereocenters. The first kappa shape index (κ1) is 13.5. The molecule has 0 aliphatic heterocycles. The number of nitrogens with zero attached hydrogens (tertiary/aromatic N) is 3. The monoisotopic (exact) mass is 281 g/mol. The number of benzene rings is 1. The number of halogens is 3. The summed E-state index contributed by atoms with van der Waals surface area (Å²) in [5.74, 6) is 0. The van der Waals surface area contributed by atoms with Gasteiger partial charge in [-0.05, 0) is 12.5 Å². The molecule has 1 aromatic heterocycles. The molecule has 6 heteroatoms. The van der Waals surface area contributed by atoms with Gasteiger partial charge in [0, 0.05) is 0 Å². The minimum absolute atomic E-state index is 0.0562. The molecule has 19 heavy (non-hydrogen) atoms. The molecular formula is C13H10ClF2N3. The molecule has 3 nitrogen and oxygen atoms in total. The Kier molecular flexibility index (Phi) is 3.82. The average molecular weight is 282 g/mol. The molecule has 0 radical (unpaired) electrons. The number of alkyl halides is 2. The van der Waals surface area contributed by atoms with Crippen molar-refractivity contribution in [2.45, 2.75) is 19.9 Å². The Bertz CT molecular complexity index is 644. The van der Waals surface area contributed by atoms with Crippen molar-refractivity contribution in [3.05, 3.63) is 51.8 Å². The number of hydrogen-bond donors (Lipinski definition) is 0. The van der Waals surface area contributed by atoms with Crippen LogP contribution in [0.15, 0.2) is 24.3 Å². The van der Waals surface area contributed by atoms with E-state index in [1.54, 1.807) is 6.07 Å². The van der Waals surface area contributed by atoms with E-state index in [4.69, 9.17) is 16.9 Å². The molecule has 0 bridgehead atoms. The van der Waals surface area contributed by atoms with E-state index in [0.717, 1.165) is 11.1 Å². The van der Waals surface area contributed by atoms with E-state index in [2.05, 4.69) is 5.10 Å². The van der Waals surface area contributed by atoms with Crippen molar-refractivity contribution in [1.82, 2.24) is 9.78 Å². The lowest BCUT2D eigenvalue weighted by Gasteiger charge is -2.04. The maximum Gasteiger partial charge on any atom is 0.283 e. The number of rotatable bonds is 3. The van der Waals surface area contributed by atoms with Crippen LogP contribution in [0.3, 0.4) is 0 Å². The zero-order valence-corrected chi connectivity index (χ0v) is 10.8. The molecule has 2 rings (SSSR count). The number of nitriles is 1. The topological polar surface area (TPSA) is 41.6 Å². The van der Waals surface area contributed by atoms with Crippen LogP contribution >= 0.6 is 11.6 Å². The third-order valence-electron chi connectivity index (χ3n) is 2.65. The highest BCUT2D eigenvalue weighted by Crippen LogP contribution is 2.27. The molecule has 0 N–H and O–H groups in total. The summed E-state index contributed by atoms with van der Waals surface area (Å²) in [5, 5.41) is 12.5. The lowest BCUT2D eigenvalue weighted by molar-refractivity contribution is 0.144. The Hall–Kier alpha value is -1.93. The summed E-state index contributed by atoms with van der Waals surface area (Å²) in [4.78, 5) is 0. The second-order valence-corrected chi connectivity index (χ2v) is 4.47. The van der Waals surface area contributed by atoms with E-state index in [-0.39, 0.29) is 17.3 Å². The molecule has 0 atom stereocenters. The molecule has 0 saturated heterocycles. The SMILES string of the molecule is Cc1cccc(Cn2nc(C(F)F)c(C#N)c2Cl)c1. The van der Waals surface area contributed by atoms with Crippen LogP contribution in [-0.2, 0) is 6.54 Å². The van der Waals surface area contributed by atoms with Gasteiger partial charge in [0.1, 0.15) is 22.5 Å². The standard InChI is InChI=1S/C13H10ClF2N3/c1-8-3-2-4-9(5-8)7-19-12(14)10(6-17)11(18-19)13(15)16/h2-5,13H,7H2,1H3. The van der Waals surface area contributed by atoms with Gasteiger partial charge < -0.3 is 0 Å². The Morgan fingerprint density at radius 2 is 2.21 bits per heavy atom. The second-order valence-electron chi connectivity index (χ2n) is 4.11. The Morgan fingerprint density at radius 1 is 1.47 bits per heavy atom. The molecule has 98 valence electrons. The van der Waals surface area contributed by atoms with Gasteiger partial charge >= 0.3 is 0 Å². The summed E-state index contributed by atoms with van der Waals surface area (Å²) in [6.45, 7) is 2.18. The first-order valence-electron chi connectivity index (χ1n) is 5.53. The number of aryl methyl sites for hydroxylation is 1. The highest BCUT2D eigenvalue weighted by Gasteiger charge is 2.23. The van der Waals surface area contributed by atoms with Gasteiger partial charge in [-0.3, -0.25) is 0 Å². The number of aromatic nitrogens is 2. The van der Waals surface area contributed by atoms with Crippen LogP contribution in [0.5, 0.6) is 0 Å². The van der Waals surface area contributed by atoms with Gasteiger partial charge in [-0.25, -0.2) is 13.5 Å². The van der Waals surface area contributed by atoms with Gasteiger partial charge in [-0.1, -0.05) is 41.4 Å². The van der Waals surface area contributed by atoms with E-state index < -0.39 is 12.1 Å². The van der Waals surface area contributed by atoms with Crippen molar-refractivity contribution in [1.29, 1.82) is 5.26 Å². The molecule has 0 amide bonds. The zero-order valence-electron chi connectivity index (χ0n) is 10.1. The Morgan fingerprint density at radius 3 is 2.74 bits per heavy atom. The van der Waals surface area contributed by atoms with Crippen molar-refractivity contribution in [3.8, 4) is 6.07 Å². The van der Waals surface area contributed by atoms with E-state index in [9.17, 15) is 8.78 Å². The van der Waals surface area contributed by atoms with Gasteiger partial charge in [0.05, 0.1) is 6.54 Å². The molecule has 0 saturated carbocycles. The molecule has 2 aromatic rings. The third-order valence-corrected chi connectivity index (χ3v) is 3.03. The fraction of sp³-hybridized carbons (Fsp3) is 0.231. The van der Waals surface area contributed by atoms with Gasteiger partial charge in [0.15, 0.2) is 0 Å². The van der Waals surface area contributed by atoms with Crippen LogP contribution in [0.4, 0.5) is 8.78 Å². The second kappa shape index (κ2) is 5.37. The molecular weight excluding hydrogens is 272 g/mol. The van der Waals surface area contributed by atoms with Crippen LogP contribution in [0, 0.1) is 18.3 Å². The van der Waals surface area contributed by atoms with E-state index in [1.165, 1.54) is 4.68 Å². The van der Waals surface area contributed by atoms with Gasteiger partial charge in [-0.15, -0.1) is 0 Å². The summed E-state index contributed by atoms with van der Waals surface area (Å²) in [7, 11) is 0. The summed E-state index contributed by atoms with van der Waals surface area (Å²) in [6.07, 6.45) is -2.81. The van der Waals surface area contributed by atoms with E-state index >= 15 is 0 Å². The molecule has 0 fully saturated rings. The highest BCUT2D eigenvalue weighted by atomic mass is 35.5. The van der Waals surface area contributed by atoms with Crippen molar-refractivity contribution in [2.75, 3.05) is 0 Å². The molecule has 0 aliphatic carbocycles. The minimum Gasteiger partial charge on any atom is -0.248 e. The van der Waals surface area contributed by atoms with Crippen molar-refractivity contribution in [3.63, 3.8) is 0 Å². The lowest BCUT2D eigenvalue weighted by atomic mass is 10.1. The fourth-order valence-corrected chi connectivity index (χ4v) is 2.04. The average Bonchev–Trinajstić information content (AvgIpc) is 2.66. The largest absolute Gasteiger partial charge is 0.283 e. The maximum atomic E-state index is 12.7. The van der Waals surface area contributed by atoms with Crippen molar-refractivity contribution < 1.29 is 8.78 Å². The smallest absolute Gasteiger partial charge is 0.248 e. The molecule has 0 spiro atoms. The molecule has 1 aromatic carbocycles. The minimum atomic E-state index is -2.81. The fourth-order valence-electron chi connectivity index (χ4n) is 1.80. The van der Waals surface area contributed by atoms with Crippen LogP contribution in [0.25, 0.3) is 0 Å². The van der Waals surface area contributed by atoms with Crippen LogP contribution in [0.1, 0.15) is 28.8 Å². The van der Waals surface area contributed by atoms with Gasteiger partial charge in [-0.2, -0.15) is 10.4 Å². The summed E-state index contributed by atoms with van der Waals surface area (Å²) in [5.41, 5.74) is 1.11. The summed E-state index contributed by atoms with van der Waals surface area (Å²) < 4.78 is 26.7. The zero-order chi connectivity index (χ0) is 14.0. The molecule has 1 heterocycles. The third kappa shape index (κ3) is 2.74. The Labute approximate surface area is 114 Å². The predicted octanol–water partition coefficient (Wildman–Crippen LogP) is 3.70. The first-order valence-corrected chi connectivity index (χ1v) is 5.90. The maximum absolute atomic E-state index is 12.7. The summed E-state index contributed by atoms with van der Waals surface area (Å²) >= 11 is 5.91. The van der Waals surface area contributed by atoms with Crippen LogP contribution in [-0.4, -0.2) is 9.78 Å². The summed E-state index contributed by atoms with van der Waals surface area (Å²) in [6, 6.07) is 9.22. The van der Waals surface area contributed by atoms with Crippen molar-refractivity contribution in [2.24, 2.45) is 0 Å². The van der Waals surface area contributed by atoms with Crippen molar-refractivity contribution >= 4 is 11.6 Å². The number of hydrogen-bond acceptors (Lipinski definition) is 2. The normalized spacial score (nSPS) is 10.7. The molecule has 0 aliphatic rings. The highest BCUT2D eigenvalue weighted by molar-refractivity contribution is 6.30. The lowest BCUT2D eigenvalue weighted by Crippen LogP contribution is -2.02. The Balaban J connectivity index is 2.39. The van der Waals surface area contributed by atoms with Crippen LogP contribution in [0.2, 0.25) is 5.15 Å². The quantitative estimate of drug-likeness (QED) is 0.861. The first-order chi connectivity index (χ1) is 9.02.